The van der Waals surface area contributed by atoms with E-state index in [1.165, 1.54) is 58.6 Å². The number of carbonyl (C=O) groups is 2. The van der Waals surface area contributed by atoms with E-state index in [0.29, 0.717) is 35.2 Å². The maximum Gasteiger partial charge on any atom is 0.490 e. The van der Waals surface area contributed by atoms with Crippen LogP contribution in [-0.2, 0) is 9.59 Å². The number of nitrogens with zero attached hydrogens (tertiary/aromatic N) is 8. The number of pyridine rings is 1. The molecule has 1 aliphatic heterocycles. The zero-order valence-corrected chi connectivity index (χ0v) is 26.3. The van der Waals surface area contributed by atoms with Gasteiger partial charge in [-0.15, -0.1) is 5.10 Å². The van der Waals surface area contributed by atoms with E-state index in [0.717, 1.165) is 0 Å². The highest BCUT2D eigenvalue weighted by atomic mass is 35.5. The van der Waals surface area contributed by atoms with Gasteiger partial charge in [0.15, 0.2) is 5.82 Å². The van der Waals surface area contributed by atoms with Crippen LogP contribution in [0.3, 0.4) is 0 Å². The Morgan fingerprint density at radius 3 is 2.48 bits per heavy atom. The molecule has 1 aliphatic rings. The number of benzene rings is 1. The van der Waals surface area contributed by atoms with E-state index in [9.17, 15) is 31.5 Å². The molecule has 2 N–H and O–H groups in total. The van der Waals surface area contributed by atoms with Crippen molar-refractivity contribution in [1.82, 2.24) is 39.3 Å². The third kappa shape index (κ3) is 7.51. The molecule has 4 aromatic heterocycles. The lowest BCUT2D eigenvalue weighted by Gasteiger charge is -2.22. The van der Waals surface area contributed by atoms with Crippen LogP contribution >= 0.6 is 11.6 Å². The first-order valence-corrected chi connectivity index (χ1v) is 14.9. The third-order valence-electron chi connectivity index (χ3n) is 7.61. The van der Waals surface area contributed by atoms with Crippen LogP contribution in [-0.4, -0.2) is 62.5 Å². The van der Waals surface area contributed by atoms with Crippen molar-refractivity contribution in [1.29, 1.82) is 0 Å². The van der Waals surface area contributed by atoms with E-state index in [4.69, 9.17) is 21.5 Å². The number of anilines is 1. The van der Waals surface area contributed by atoms with Gasteiger partial charge in [-0.25, -0.2) is 23.5 Å². The second-order valence-corrected chi connectivity index (χ2v) is 11.3. The van der Waals surface area contributed by atoms with Crippen molar-refractivity contribution in [2.45, 2.75) is 45.0 Å². The SMILES string of the molecule is C[C@@H]1CCC[C@H](n2cnc(-c3c(-n4ccnn4)ccc(Cl)c3F)cc2=O)c2cc(ccn2)-c2c(cnn2C(F)F)NC1=O.O=C(O)C(F)(F)F. The molecule has 2 atom stereocenters. The van der Waals surface area contributed by atoms with Gasteiger partial charge in [0.1, 0.15) is 0 Å². The molecule has 5 aromatic rings. The molecule has 0 radical (unpaired) electrons. The monoisotopic (exact) mass is 723 g/mol. The van der Waals surface area contributed by atoms with Crippen LogP contribution in [0, 0.1) is 11.7 Å². The minimum Gasteiger partial charge on any atom is -0.475 e. The maximum absolute atomic E-state index is 15.3. The number of nitrogens with one attached hydrogen (secondary N) is 1. The summed E-state index contributed by atoms with van der Waals surface area (Å²) in [5.74, 6) is -4.32. The first-order chi connectivity index (χ1) is 23.7. The van der Waals surface area contributed by atoms with E-state index in [1.54, 1.807) is 19.1 Å². The van der Waals surface area contributed by atoms with Gasteiger partial charge in [-0.3, -0.25) is 19.1 Å². The molecule has 0 aliphatic carbocycles. The summed E-state index contributed by atoms with van der Waals surface area (Å²) in [4.78, 5) is 44.3. The molecule has 5 heterocycles. The Balaban J connectivity index is 0.000000630. The minimum atomic E-state index is -5.08. The molecule has 0 saturated heterocycles. The second kappa shape index (κ2) is 14.5. The summed E-state index contributed by atoms with van der Waals surface area (Å²) in [6.07, 6.45) is 3.14. The Labute approximate surface area is 282 Å². The number of aliphatic carboxylic acids is 1. The van der Waals surface area contributed by atoms with E-state index in [-0.39, 0.29) is 39.3 Å². The zero-order chi connectivity index (χ0) is 36.3. The van der Waals surface area contributed by atoms with Crippen molar-refractivity contribution in [2.75, 3.05) is 5.32 Å². The number of fused-ring (bicyclic) bond motifs is 4. The van der Waals surface area contributed by atoms with Gasteiger partial charge < -0.3 is 10.4 Å². The van der Waals surface area contributed by atoms with Crippen LogP contribution in [0.4, 0.5) is 32.0 Å². The van der Waals surface area contributed by atoms with Gasteiger partial charge in [0.2, 0.25) is 5.91 Å². The number of hydrogen-bond donors (Lipinski definition) is 2. The number of alkyl halides is 5. The molecule has 20 heteroatoms. The van der Waals surface area contributed by atoms with Gasteiger partial charge in [-0.1, -0.05) is 30.2 Å². The van der Waals surface area contributed by atoms with Gasteiger partial charge in [0.25, 0.3) is 5.56 Å². The fourth-order valence-electron chi connectivity index (χ4n) is 5.19. The first-order valence-electron chi connectivity index (χ1n) is 14.5. The molecule has 262 valence electrons. The predicted molar refractivity (Wildman–Crippen MR) is 164 cm³/mol. The molecular formula is C30H24ClF6N9O4. The van der Waals surface area contributed by atoms with Crippen LogP contribution < -0.4 is 10.9 Å². The van der Waals surface area contributed by atoms with Gasteiger partial charge in [0.05, 0.1) is 70.0 Å². The lowest BCUT2D eigenvalue weighted by Crippen LogP contribution is -2.27. The van der Waals surface area contributed by atoms with Crippen molar-refractivity contribution < 1.29 is 41.0 Å². The van der Waals surface area contributed by atoms with Crippen LogP contribution in [0.2, 0.25) is 5.02 Å². The summed E-state index contributed by atoms with van der Waals surface area (Å²) < 4.78 is 78.1. The lowest BCUT2D eigenvalue weighted by atomic mass is 9.97. The molecule has 1 amide bonds. The molecule has 1 aromatic carbocycles. The van der Waals surface area contributed by atoms with Crippen molar-refractivity contribution in [2.24, 2.45) is 5.92 Å². The summed E-state index contributed by atoms with van der Waals surface area (Å²) in [6, 6.07) is 6.54. The molecule has 50 heavy (non-hydrogen) atoms. The molecule has 13 nitrogen and oxygen atoms in total. The number of aromatic nitrogens is 8. The van der Waals surface area contributed by atoms with Gasteiger partial charge in [-0.2, -0.15) is 27.1 Å². The van der Waals surface area contributed by atoms with Crippen LogP contribution in [0.15, 0.2) is 66.2 Å². The fourth-order valence-corrected chi connectivity index (χ4v) is 5.35. The Morgan fingerprint density at radius 1 is 1.10 bits per heavy atom. The van der Waals surface area contributed by atoms with E-state index in [1.807, 2.05) is 0 Å². The number of halogens is 7. The standard InChI is InChI=1S/C28H23ClF3N9O2.C2HF3O2/c1-15-3-2-4-21(18-11-16(7-8-33-18)26-20(37-27(15)43)13-36-41(26)28(31)32)39-14-34-19(12-23(39)42)24-22(40-10-9-35-38-40)6-5-17(29)25(24)30;3-2(4,5)1(6)7/h5-15,21,28H,2-4H2,1H3,(H,37,43);(H,6,7)/t15-,21+;/m1./s1. The average Bonchev–Trinajstić information content (AvgIpc) is 3.75. The number of carboxylic acids is 1. The summed E-state index contributed by atoms with van der Waals surface area (Å²) in [5.41, 5.74) is 0.653. The lowest BCUT2D eigenvalue weighted by molar-refractivity contribution is -0.192. The van der Waals surface area contributed by atoms with Crippen molar-refractivity contribution in [3.63, 3.8) is 0 Å². The highest BCUT2D eigenvalue weighted by molar-refractivity contribution is 6.31. The highest BCUT2D eigenvalue weighted by Crippen LogP contribution is 2.35. The van der Waals surface area contributed by atoms with Crippen LogP contribution in [0.1, 0.15) is 44.5 Å². The van der Waals surface area contributed by atoms with Gasteiger partial charge in [-0.05, 0) is 37.1 Å². The average molecular weight is 724 g/mol. The number of rotatable bonds is 4. The second-order valence-electron chi connectivity index (χ2n) is 10.9. The molecule has 0 saturated carbocycles. The summed E-state index contributed by atoms with van der Waals surface area (Å²) in [7, 11) is 0. The predicted octanol–water partition coefficient (Wildman–Crippen LogP) is 5.92. The van der Waals surface area contributed by atoms with Crippen molar-refractivity contribution >= 4 is 29.2 Å². The fraction of sp³-hybridized carbons (Fsp3) is 0.267. The maximum atomic E-state index is 15.3. The quantitative estimate of drug-likeness (QED) is 0.215. The Hall–Kier alpha value is -5.59. The van der Waals surface area contributed by atoms with Gasteiger partial charge in [0, 0.05) is 23.7 Å². The summed E-state index contributed by atoms with van der Waals surface area (Å²) in [5, 5.41) is 21.1. The van der Waals surface area contributed by atoms with Crippen LogP contribution in [0.25, 0.3) is 28.2 Å². The van der Waals surface area contributed by atoms with E-state index < -0.39 is 42.0 Å². The highest BCUT2D eigenvalue weighted by Gasteiger charge is 2.38. The number of amides is 1. The van der Waals surface area contributed by atoms with Crippen LogP contribution in [0.5, 0.6) is 0 Å². The Bertz CT molecular complexity index is 2090. The normalized spacial score (nSPS) is 16.4. The van der Waals surface area contributed by atoms with E-state index >= 15 is 4.39 Å². The molecular weight excluding hydrogens is 700 g/mol. The minimum absolute atomic E-state index is 0.0106. The smallest absolute Gasteiger partial charge is 0.475 e. The third-order valence-corrected chi connectivity index (χ3v) is 7.90. The molecule has 0 unspecified atom stereocenters. The zero-order valence-electron chi connectivity index (χ0n) is 25.5. The summed E-state index contributed by atoms with van der Waals surface area (Å²) >= 11 is 6.07. The molecule has 6 rings (SSSR count). The molecule has 2 bridgehead atoms. The largest absolute Gasteiger partial charge is 0.490 e. The molecule has 0 spiro atoms. The Morgan fingerprint density at radius 2 is 1.84 bits per heavy atom. The number of carboxylic acid groups (broad SMARTS) is 1. The van der Waals surface area contributed by atoms with E-state index in [2.05, 4.69) is 30.7 Å². The van der Waals surface area contributed by atoms with Crippen molar-refractivity contribution in [3.05, 3.63) is 88.3 Å². The number of carbonyl (C=O) groups excluding carboxylic acids is 1. The summed E-state index contributed by atoms with van der Waals surface area (Å²) in [6.45, 7) is -1.23. The topological polar surface area (TPSA) is 163 Å². The van der Waals surface area contributed by atoms with Gasteiger partial charge >= 0.3 is 18.7 Å². The Kier molecular flexibility index (Phi) is 10.3. The first kappa shape index (κ1) is 35.7. The van der Waals surface area contributed by atoms with Crippen molar-refractivity contribution in [3.8, 4) is 28.2 Å². The number of hydrogen-bond acceptors (Lipinski definition) is 8. The molecule has 0 fully saturated rings.